The van der Waals surface area contributed by atoms with Crippen molar-refractivity contribution < 1.29 is 5.11 Å². The number of nitrogens with zero attached hydrogens (tertiary/aromatic N) is 3. The Bertz CT molecular complexity index is 425. The molecule has 2 aromatic heterocycles. The van der Waals surface area contributed by atoms with E-state index in [0.29, 0.717) is 6.42 Å². The zero-order valence-electron chi connectivity index (χ0n) is 7.67. The molecule has 3 N–H and O–H groups in total. The second-order valence-corrected chi connectivity index (χ2v) is 3.11. The number of aromatic nitrogens is 3. The van der Waals surface area contributed by atoms with Crippen molar-refractivity contribution in [2.45, 2.75) is 12.5 Å². The van der Waals surface area contributed by atoms with E-state index in [4.69, 9.17) is 10.8 Å². The summed E-state index contributed by atoms with van der Waals surface area (Å²) in [5, 5.41) is 12.8. The van der Waals surface area contributed by atoms with Crippen LogP contribution in [-0.2, 0) is 0 Å². The average Bonchev–Trinajstić information content (AvgIpc) is 2.65. The van der Waals surface area contributed by atoms with E-state index in [1.807, 2.05) is 18.3 Å². The predicted octanol–water partition coefficient (Wildman–Crippen LogP) is 0.111. The lowest BCUT2D eigenvalue weighted by atomic mass is 10.1. The van der Waals surface area contributed by atoms with Gasteiger partial charge in [0.05, 0.1) is 0 Å². The molecule has 0 aliphatic carbocycles. The van der Waals surface area contributed by atoms with Gasteiger partial charge < -0.3 is 10.8 Å². The lowest BCUT2D eigenvalue weighted by Crippen LogP contribution is -2.13. The Morgan fingerprint density at radius 3 is 3.21 bits per heavy atom. The summed E-state index contributed by atoms with van der Waals surface area (Å²) >= 11 is 0. The highest BCUT2D eigenvalue weighted by Crippen LogP contribution is 2.17. The summed E-state index contributed by atoms with van der Waals surface area (Å²) in [6.07, 6.45) is 3.84. The second-order valence-electron chi connectivity index (χ2n) is 3.11. The number of rotatable bonds is 3. The highest BCUT2D eigenvalue weighted by atomic mass is 16.3. The number of pyridine rings is 1. The largest absolute Gasteiger partial charge is 0.396 e. The van der Waals surface area contributed by atoms with Crippen LogP contribution in [0.3, 0.4) is 0 Å². The molecular formula is C9H12N4O. The SMILES string of the molecule is NC(CCO)c1cccn2ncnc12. The maximum absolute atomic E-state index is 8.80. The number of hydrogen-bond acceptors (Lipinski definition) is 4. The van der Waals surface area contributed by atoms with Gasteiger partial charge in [-0.3, -0.25) is 0 Å². The summed E-state index contributed by atoms with van der Waals surface area (Å²) in [5.74, 6) is 0. The van der Waals surface area contributed by atoms with Crippen LogP contribution in [0.4, 0.5) is 0 Å². The fourth-order valence-electron chi connectivity index (χ4n) is 1.45. The molecule has 74 valence electrons. The van der Waals surface area contributed by atoms with E-state index in [-0.39, 0.29) is 12.6 Å². The lowest BCUT2D eigenvalue weighted by molar-refractivity contribution is 0.276. The van der Waals surface area contributed by atoms with Gasteiger partial charge in [0.2, 0.25) is 0 Å². The van der Waals surface area contributed by atoms with Crippen LogP contribution in [0.2, 0.25) is 0 Å². The van der Waals surface area contributed by atoms with Gasteiger partial charge in [-0.05, 0) is 12.5 Å². The molecule has 2 aromatic rings. The molecule has 0 aliphatic heterocycles. The molecule has 1 unspecified atom stereocenters. The summed E-state index contributed by atoms with van der Waals surface area (Å²) in [7, 11) is 0. The summed E-state index contributed by atoms with van der Waals surface area (Å²) in [5.41, 5.74) is 7.56. The average molecular weight is 192 g/mol. The number of nitrogens with two attached hydrogens (primary N) is 1. The third-order valence-electron chi connectivity index (χ3n) is 2.17. The molecule has 0 radical (unpaired) electrons. The lowest BCUT2D eigenvalue weighted by Gasteiger charge is -2.10. The Kier molecular flexibility index (Phi) is 2.43. The van der Waals surface area contributed by atoms with Crippen molar-refractivity contribution in [2.75, 3.05) is 6.61 Å². The van der Waals surface area contributed by atoms with Crippen molar-refractivity contribution in [3.8, 4) is 0 Å². The Morgan fingerprint density at radius 1 is 1.57 bits per heavy atom. The van der Waals surface area contributed by atoms with Gasteiger partial charge in [-0.2, -0.15) is 5.10 Å². The minimum Gasteiger partial charge on any atom is -0.396 e. The number of aliphatic hydroxyl groups is 1. The number of aliphatic hydroxyl groups excluding tert-OH is 1. The van der Waals surface area contributed by atoms with Gasteiger partial charge in [-0.1, -0.05) is 6.07 Å². The third kappa shape index (κ3) is 1.47. The molecule has 1 atom stereocenters. The standard InChI is InChI=1S/C9H12N4O/c10-8(3-5-14)7-2-1-4-13-9(7)11-6-12-13/h1-2,4,6,8,14H,3,5,10H2. The highest BCUT2D eigenvalue weighted by molar-refractivity contribution is 5.47. The predicted molar refractivity (Wildman–Crippen MR) is 51.6 cm³/mol. The maximum Gasteiger partial charge on any atom is 0.159 e. The van der Waals surface area contributed by atoms with E-state index in [1.165, 1.54) is 6.33 Å². The van der Waals surface area contributed by atoms with Crippen LogP contribution in [0.15, 0.2) is 24.7 Å². The van der Waals surface area contributed by atoms with E-state index < -0.39 is 0 Å². The van der Waals surface area contributed by atoms with Crippen LogP contribution in [0.25, 0.3) is 5.65 Å². The molecule has 2 rings (SSSR count). The first-order valence-corrected chi connectivity index (χ1v) is 4.47. The molecule has 0 aliphatic rings. The molecule has 0 saturated heterocycles. The van der Waals surface area contributed by atoms with Crippen LogP contribution in [0.1, 0.15) is 18.0 Å². The van der Waals surface area contributed by atoms with E-state index in [0.717, 1.165) is 11.2 Å². The van der Waals surface area contributed by atoms with Gasteiger partial charge in [0.1, 0.15) is 6.33 Å². The first kappa shape index (κ1) is 9.11. The summed E-state index contributed by atoms with van der Waals surface area (Å²) < 4.78 is 1.67. The van der Waals surface area contributed by atoms with Crippen LogP contribution >= 0.6 is 0 Å². The van der Waals surface area contributed by atoms with Crippen LogP contribution in [-0.4, -0.2) is 26.3 Å². The van der Waals surface area contributed by atoms with Gasteiger partial charge >= 0.3 is 0 Å². The quantitative estimate of drug-likeness (QED) is 0.723. The zero-order chi connectivity index (χ0) is 9.97. The third-order valence-corrected chi connectivity index (χ3v) is 2.17. The molecule has 0 bridgehead atoms. The summed E-state index contributed by atoms with van der Waals surface area (Å²) in [4.78, 5) is 4.11. The van der Waals surface area contributed by atoms with E-state index in [1.54, 1.807) is 4.52 Å². The van der Waals surface area contributed by atoms with Gasteiger partial charge in [-0.15, -0.1) is 0 Å². The molecule has 0 spiro atoms. The molecular weight excluding hydrogens is 180 g/mol. The highest BCUT2D eigenvalue weighted by Gasteiger charge is 2.10. The Labute approximate surface area is 81.2 Å². The fourth-order valence-corrected chi connectivity index (χ4v) is 1.45. The molecule has 2 heterocycles. The Morgan fingerprint density at radius 2 is 2.43 bits per heavy atom. The minimum atomic E-state index is -0.187. The van der Waals surface area contributed by atoms with Crippen molar-refractivity contribution in [2.24, 2.45) is 5.73 Å². The van der Waals surface area contributed by atoms with Crippen molar-refractivity contribution in [1.29, 1.82) is 0 Å². The molecule has 5 heteroatoms. The molecule has 0 amide bonds. The Balaban J connectivity index is 2.45. The smallest absolute Gasteiger partial charge is 0.159 e. The van der Waals surface area contributed by atoms with Crippen LogP contribution < -0.4 is 5.73 Å². The normalized spacial score (nSPS) is 13.3. The van der Waals surface area contributed by atoms with Crippen molar-refractivity contribution in [1.82, 2.24) is 14.6 Å². The first-order valence-electron chi connectivity index (χ1n) is 4.47. The first-order chi connectivity index (χ1) is 6.83. The topological polar surface area (TPSA) is 76.4 Å². The molecule has 0 aromatic carbocycles. The Hall–Kier alpha value is -1.46. The molecule has 0 fully saturated rings. The van der Waals surface area contributed by atoms with E-state index in [9.17, 15) is 0 Å². The van der Waals surface area contributed by atoms with Crippen LogP contribution in [0, 0.1) is 0 Å². The minimum absolute atomic E-state index is 0.0797. The summed E-state index contributed by atoms with van der Waals surface area (Å²) in [6.45, 7) is 0.0797. The second kappa shape index (κ2) is 3.73. The maximum atomic E-state index is 8.80. The van der Waals surface area contributed by atoms with Crippen molar-refractivity contribution in [3.05, 3.63) is 30.2 Å². The van der Waals surface area contributed by atoms with Crippen molar-refractivity contribution in [3.63, 3.8) is 0 Å². The molecule has 14 heavy (non-hydrogen) atoms. The van der Waals surface area contributed by atoms with Gasteiger partial charge in [0.25, 0.3) is 0 Å². The zero-order valence-corrected chi connectivity index (χ0v) is 7.67. The van der Waals surface area contributed by atoms with Gasteiger partial charge in [0, 0.05) is 24.4 Å². The monoisotopic (exact) mass is 192 g/mol. The summed E-state index contributed by atoms with van der Waals surface area (Å²) in [6, 6.07) is 3.59. The molecule has 0 saturated carbocycles. The van der Waals surface area contributed by atoms with Crippen molar-refractivity contribution >= 4 is 5.65 Å². The van der Waals surface area contributed by atoms with Crippen LogP contribution in [0.5, 0.6) is 0 Å². The fraction of sp³-hybridized carbons (Fsp3) is 0.333. The van der Waals surface area contributed by atoms with E-state index in [2.05, 4.69) is 10.1 Å². The number of fused-ring (bicyclic) bond motifs is 1. The van der Waals surface area contributed by atoms with E-state index >= 15 is 0 Å². The molecule has 5 nitrogen and oxygen atoms in total. The van der Waals surface area contributed by atoms with Gasteiger partial charge in [-0.25, -0.2) is 9.50 Å². The van der Waals surface area contributed by atoms with Gasteiger partial charge in [0.15, 0.2) is 5.65 Å². The number of hydrogen-bond donors (Lipinski definition) is 2.